The lowest BCUT2D eigenvalue weighted by atomic mass is 10.0. The summed E-state index contributed by atoms with van der Waals surface area (Å²) in [5.74, 6) is 0.134. The fraction of sp³-hybridized carbons (Fsp3) is 0.419. The molecule has 4 heterocycles. The van der Waals surface area contributed by atoms with Crippen molar-refractivity contribution in [2.24, 2.45) is 0 Å². The van der Waals surface area contributed by atoms with Crippen LogP contribution in [0.5, 0.6) is 0 Å². The fourth-order valence-corrected chi connectivity index (χ4v) is 5.90. The van der Waals surface area contributed by atoms with Crippen LogP contribution in [0.3, 0.4) is 0 Å². The topological polar surface area (TPSA) is 147 Å². The molecule has 0 radical (unpaired) electrons. The lowest BCUT2D eigenvalue weighted by molar-refractivity contribution is -0.678. The zero-order valence-corrected chi connectivity index (χ0v) is 25.5. The second-order valence-electron chi connectivity index (χ2n) is 11.6. The van der Waals surface area contributed by atoms with Gasteiger partial charge in [-0.15, -0.1) is 0 Å². The van der Waals surface area contributed by atoms with E-state index >= 15 is 0 Å². The summed E-state index contributed by atoms with van der Waals surface area (Å²) in [7, 11) is 0. The number of rotatable bonds is 8. The smallest absolute Gasteiger partial charge is 0.340 e. The molecule has 0 spiro atoms. The van der Waals surface area contributed by atoms with Gasteiger partial charge in [0.25, 0.3) is 0 Å². The quantitative estimate of drug-likeness (QED) is 0.257. The molecule has 0 aliphatic carbocycles. The Morgan fingerprint density at radius 1 is 0.622 bits per heavy atom. The molecule has 0 unspecified atom stereocenters. The van der Waals surface area contributed by atoms with Crippen molar-refractivity contribution >= 4 is 11.8 Å². The first-order chi connectivity index (χ1) is 21.7. The summed E-state index contributed by atoms with van der Waals surface area (Å²) in [5, 5.41) is 5.44. The molecular formula is C31H38N8O6+2. The Labute approximate surface area is 258 Å². The van der Waals surface area contributed by atoms with Crippen molar-refractivity contribution in [3.8, 4) is 11.4 Å². The number of aromatic nitrogens is 4. The Kier molecular flexibility index (Phi) is 8.76. The normalized spacial score (nSPS) is 16.3. The van der Waals surface area contributed by atoms with E-state index in [0.717, 1.165) is 22.5 Å². The summed E-state index contributed by atoms with van der Waals surface area (Å²) in [6.07, 6.45) is 0.695. The predicted octanol–water partition coefficient (Wildman–Crippen LogP) is -0.278. The first kappa shape index (κ1) is 30.2. The van der Waals surface area contributed by atoms with Gasteiger partial charge in [-0.2, -0.15) is 0 Å². The monoisotopic (exact) mass is 618 g/mol. The first-order valence-corrected chi connectivity index (χ1v) is 15.1. The van der Waals surface area contributed by atoms with Crippen molar-refractivity contribution in [1.29, 1.82) is 0 Å². The van der Waals surface area contributed by atoms with Crippen LogP contribution in [-0.2, 0) is 29.1 Å². The minimum absolute atomic E-state index is 0.0671. The number of H-pyrrole nitrogens is 2. The van der Waals surface area contributed by atoms with Crippen LogP contribution in [-0.4, -0.2) is 94.3 Å². The molecule has 0 bridgehead atoms. The Morgan fingerprint density at radius 3 is 1.31 bits per heavy atom. The number of aromatic amines is 2. The molecule has 45 heavy (non-hydrogen) atoms. The molecule has 6 rings (SSSR count). The SMILES string of the molecule is CC(=O)N1CCN(Cc2c(=O)o[nH][n+]2-c2ccc(Cc3ccc(-[n+]4[nH]oc(=O)c4CN4CCN(C(C)=O)CC4)cc3)cc2)CC1. The van der Waals surface area contributed by atoms with E-state index in [9.17, 15) is 19.2 Å². The number of hydrogen-bond donors (Lipinski definition) is 2. The molecule has 236 valence electrons. The minimum Gasteiger partial charge on any atom is -0.340 e. The maximum atomic E-state index is 12.5. The van der Waals surface area contributed by atoms with Crippen molar-refractivity contribution in [1.82, 2.24) is 30.1 Å². The highest BCUT2D eigenvalue weighted by molar-refractivity contribution is 5.73. The van der Waals surface area contributed by atoms with Gasteiger partial charge in [0.2, 0.25) is 23.2 Å². The number of nitrogens with one attached hydrogen (secondary N) is 2. The Hall–Kier alpha value is -4.82. The van der Waals surface area contributed by atoms with Gasteiger partial charge in [-0.1, -0.05) is 24.3 Å². The maximum absolute atomic E-state index is 12.5. The number of carbonyl (C=O) groups excluding carboxylic acids is 2. The van der Waals surface area contributed by atoms with Gasteiger partial charge >= 0.3 is 22.6 Å². The van der Waals surface area contributed by atoms with Crippen LogP contribution in [0.25, 0.3) is 11.4 Å². The van der Waals surface area contributed by atoms with E-state index in [0.29, 0.717) is 83.3 Å². The Balaban J connectivity index is 1.09. The number of benzene rings is 2. The van der Waals surface area contributed by atoms with Crippen molar-refractivity contribution < 1.29 is 28.0 Å². The van der Waals surface area contributed by atoms with Gasteiger partial charge in [0.05, 0.1) is 13.1 Å². The van der Waals surface area contributed by atoms with E-state index in [1.807, 2.05) is 58.3 Å². The molecule has 2 aliphatic rings. The van der Waals surface area contributed by atoms with Crippen LogP contribution in [0.4, 0.5) is 0 Å². The van der Waals surface area contributed by atoms with E-state index in [1.54, 1.807) is 23.2 Å². The van der Waals surface area contributed by atoms with Gasteiger partial charge in [-0.3, -0.25) is 28.4 Å². The number of amides is 2. The molecule has 2 amide bonds. The van der Waals surface area contributed by atoms with Crippen molar-refractivity contribution in [3.63, 3.8) is 0 Å². The van der Waals surface area contributed by atoms with E-state index in [2.05, 4.69) is 20.3 Å². The number of hydrogen-bond acceptors (Lipinski definition) is 8. The van der Waals surface area contributed by atoms with Gasteiger partial charge in [0, 0.05) is 90.5 Å². The van der Waals surface area contributed by atoms with Crippen LogP contribution in [0.15, 0.2) is 67.2 Å². The van der Waals surface area contributed by atoms with Crippen LogP contribution in [0.2, 0.25) is 0 Å². The van der Waals surface area contributed by atoms with E-state index in [4.69, 9.17) is 9.05 Å². The first-order valence-electron chi connectivity index (χ1n) is 15.1. The highest BCUT2D eigenvalue weighted by Gasteiger charge is 2.29. The number of carbonyl (C=O) groups is 2. The Morgan fingerprint density at radius 2 is 0.978 bits per heavy atom. The van der Waals surface area contributed by atoms with E-state index < -0.39 is 11.3 Å². The van der Waals surface area contributed by atoms with Gasteiger partial charge in [0.1, 0.15) is 0 Å². The molecule has 2 saturated heterocycles. The molecule has 2 N–H and O–H groups in total. The summed E-state index contributed by atoms with van der Waals surface area (Å²) in [6, 6.07) is 15.8. The molecule has 14 nitrogen and oxygen atoms in total. The number of nitrogens with zero attached hydrogens (tertiary/aromatic N) is 6. The molecule has 2 aromatic carbocycles. The molecule has 4 aromatic rings. The summed E-state index contributed by atoms with van der Waals surface area (Å²) in [5.41, 5.74) is 3.93. The minimum atomic E-state index is -0.413. The number of piperazine rings is 2. The van der Waals surface area contributed by atoms with Crippen molar-refractivity contribution in [3.05, 3.63) is 91.9 Å². The molecule has 2 aromatic heterocycles. The van der Waals surface area contributed by atoms with E-state index in [1.165, 1.54) is 0 Å². The highest BCUT2D eigenvalue weighted by Crippen LogP contribution is 2.14. The average molecular weight is 619 g/mol. The zero-order chi connectivity index (χ0) is 31.5. The molecule has 0 atom stereocenters. The summed E-state index contributed by atoms with van der Waals surface area (Å²) in [4.78, 5) is 56.2. The third kappa shape index (κ3) is 6.81. The third-order valence-corrected chi connectivity index (χ3v) is 8.65. The largest absolute Gasteiger partial charge is 0.431 e. The van der Waals surface area contributed by atoms with Gasteiger partial charge in [-0.25, -0.2) is 9.59 Å². The highest BCUT2D eigenvalue weighted by atomic mass is 16.5. The second kappa shape index (κ2) is 13.0. The van der Waals surface area contributed by atoms with Crippen LogP contribution in [0.1, 0.15) is 36.4 Å². The lowest BCUT2D eigenvalue weighted by Gasteiger charge is -2.32. The van der Waals surface area contributed by atoms with Gasteiger partial charge in [0.15, 0.2) is 0 Å². The second-order valence-corrected chi connectivity index (χ2v) is 11.6. The molecule has 14 heteroatoms. The molecule has 2 aliphatic heterocycles. The Bertz CT molecular complexity index is 1630. The summed E-state index contributed by atoms with van der Waals surface area (Å²) < 4.78 is 13.6. The van der Waals surface area contributed by atoms with Gasteiger partial charge in [-0.05, 0) is 37.5 Å². The van der Waals surface area contributed by atoms with Crippen molar-refractivity contribution in [2.75, 3.05) is 52.4 Å². The predicted molar refractivity (Wildman–Crippen MR) is 160 cm³/mol. The van der Waals surface area contributed by atoms with Gasteiger partial charge < -0.3 is 9.80 Å². The molecule has 0 saturated carbocycles. The van der Waals surface area contributed by atoms with Crippen LogP contribution < -0.4 is 20.6 Å². The molecular weight excluding hydrogens is 580 g/mol. The summed E-state index contributed by atoms with van der Waals surface area (Å²) >= 11 is 0. The average Bonchev–Trinajstić information content (AvgIpc) is 3.59. The fourth-order valence-electron chi connectivity index (χ4n) is 5.90. The molecule has 2 fully saturated rings. The lowest BCUT2D eigenvalue weighted by Crippen LogP contribution is -2.50. The van der Waals surface area contributed by atoms with Crippen molar-refractivity contribution in [2.45, 2.75) is 33.4 Å². The van der Waals surface area contributed by atoms with E-state index in [-0.39, 0.29) is 11.8 Å². The third-order valence-electron chi connectivity index (χ3n) is 8.65. The van der Waals surface area contributed by atoms with Crippen LogP contribution in [0, 0.1) is 0 Å². The zero-order valence-electron chi connectivity index (χ0n) is 25.5. The summed E-state index contributed by atoms with van der Waals surface area (Å²) in [6.45, 7) is 9.32. The van der Waals surface area contributed by atoms with Crippen LogP contribution >= 0.6 is 0 Å². The maximum Gasteiger partial charge on any atom is 0.431 e. The standard InChI is InChI=1S/C31H36N8O6/c1-22(40)36-15-11-34(12-16-36)20-28-30(42)44-32-38(28)26-7-3-24(4-8-26)19-25-5-9-27(10-6-25)39-29(31(43)45-33-39)21-35-13-17-37(18-14-35)23(2)41/h3-10H,11-21H2,1-2H3/p+2.